The van der Waals surface area contributed by atoms with Crippen molar-refractivity contribution in [3.05, 3.63) is 39.9 Å². The molecular weight excluding hydrogens is 260 g/mol. The number of ether oxygens (including phenoxy) is 1. The Morgan fingerprint density at radius 1 is 1.61 bits per heavy atom. The third kappa shape index (κ3) is 3.97. The second-order valence-corrected chi connectivity index (χ2v) is 3.74. The Morgan fingerprint density at radius 2 is 2.33 bits per heavy atom. The van der Waals surface area contributed by atoms with Crippen LogP contribution in [0.4, 0.5) is 5.69 Å². The zero-order chi connectivity index (χ0) is 13.5. The van der Waals surface area contributed by atoms with E-state index < -0.39 is 16.9 Å². The molecule has 0 saturated carbocycles. The summed E-state index contributed by atoms with van der Waals surface area (Å²) in [6.45, 7) is 1.98. The maximum absolute atomic E-state index is 11.3. The number of nitrogens with one attached hydrogen (secondary N) is 1. The molecule has 0 fully saturated rings. The molecule has 0 bridgehead atoms. The van der Waals surface area contributed by atoms with E-state index in [1.54, 1.807) is 19.1 Å². The number of esters is 1. The molecule has 0 saturated heterocycles. The van der Waals surface area contributed by atoms with Crippen molar-refractivity contribution in [2.45, 2.75) is 19.4 Å². The molecule has 18 heavy (non-hydrogen) atoms. The van der Waals surface area contributed by atoms with E-state index in [0.29, 0.717) is 5.56 Å². The summed E-state index contributed by atoms with van der Waals surface area (Å²) in [4.78, 5) is 23.9. The highest BCUT2D eigenvalue weighted by Crippen LogP contribution is 2.22. The highest BCUT2D eigenvalue weighted by Gasteiger charge is 2.18. The first-order chi connectivity index (χ1) is 8.58. The van der Waals surface area contributed by atoms with Gasteiger partial charge >= 0.3 is 5.97 Å². The third-order valence-corrected chi connectivity index (χ3v) is 2.55. The zero-order valence-electron chi connectivity index (χ0n) is 9.76. The minimum atomic E-state index is -0.523. The number of rotatable bonds is 6. The van der Waals surface area contributed by atoms with Gasteiger partial charge in [-0.1, -0.05) is 12.1 Å². The summed E-state index contributed by atoms with van der Waals surface area (Å²) in [6, 6.07) is 5.43. The van der Waals surface area contributed by atoms with Crippen LogP contribution in [0.5, 0.6) is 0 Å². The van der Waals surface area contributed by atoms with Gasteiger partial charge in [-0.25, -0.2) is 4.84 Å². The molecule has 1 aromatic carbocycles. The van der Waals surface area contributed by atoms with Crippen LogP contribution in [0.3, 0.4) is 0 Å². The number of benzene rings is 1. The van der Waals surface area contributed by atoms with Gasteiger partial charge in [-0.2, -0.15) is 0 Å². The largest absolute Gasteiger partial charge is 0.466 e. The molecule has 1 N–H and O–H groups in total. The number of nitro benzene ring substituents is 1. The van der Waals surface area contributed by atoms with E-state index in [2.05, 4.69) is 4.84 Å². The van der Waals surface area contributed by atoms with Crippen molar-refractivity contribution >= 4 is 23.4 Å². The number of nitrogens with zero attached hydrogens (tertiary/aromatic N) is 1. The smallest absolute Gasteiger partial charge is 0.307 e. The van der Waals surface area contributed by atoms with Crippen molar-refractivity contribution in [3.63, 3.8) is 0 Å². The summed E-state index contributed by atoms with van der Waals surface area (Å²) in [5.74, 6) is -0.415. The molecule has 1 aromatic rings. The number of halogens is 1. The van der Waals surface area contributed by atoms with Gasteiger partial charge in [0, 0.05) is 12.1 Å². The predicted octanol–water partition coefficient (Wildman–Crippen LogP) is 2.33. The highest BCUT2D eigenvalue weighted by molar-refractivity contribution is 6.13. The number of hydrogen-bond donors (Lipinski definition) is 1. The number of hydrogen-bond acceptors (Lipinski definition) is 5. The molecule has 0 amide bonds. The van der Waals surface area contributed by atoms with Gasteiger partial charge in [0.2, 0.25) is 0 Å². The molecule has 0 aliphatic carbocycles. The highest BCUT2D eigenvalue weighted by atomic mass is 35.5. The topological polar surface area (TPSA) is 81.5 Å². The van der Waals surface area contributed by atoms with Crippen molar-refractivity contribution < 1.29 is 14.5 Å². The van der Waals surface area contributed by atoms with Crippen LogP contribution in [0.1, 0.15) is 24.9 Å². The molecule has 0 aliphatic rings. The third-order valence-electron chi connectivity index (χ3n) is 2.29. The summed E-state index contributed by atoms with van der Waals surface area (Å²) in [7, 11) is 0. The molecule has 1 atom stereocenters. The standard InChI is InChI=1S/C11H13ClN2O4/c1-2-18-11(15)7-10(13-12)8-4-3-5-9(6-8)14(16)17/h3-6,10,13H,2,7H2,1H3. The monoisotopic (exact) mass is 272 g/mol. The average Bonchev–Trinajstić information content (AvgIpc) is 2.36. The molecule has 6 nitrogen and oxygen atoms in total. The van der Waals surface area contributed by atoms with Crippen LogP contribution in [0.15, 0.2) is 24.3 Å². The lowest BCUT2D eigenvalue weighted by molar-refractivity contribution is -0.384. The quantitative estimate of drug-likeness (QED) is 0.372. The summed E-state index contributed by atoms with van der Waals surface area (Å²) >= 11 is 5.55. The van der Waals surface area contributed by atoms with Gasteiger partial charge in [0.05, 0.1) is 24.0 Å². The van der Waals surface area contributed by atoms with Crippen molar-refractivity contribution in [2.75, 3.05) is 6.61 Å². The minimum absolute atomic E-state index is 0.0124. The van der Waals surface area contributed by atoms with Gasteiger partial charge in [-0.05, 0) is 24.3 Å². The second-order valence-electron chi connectivity index (χ2n) is 3.52. The van der Waals surface area contributed by atoms with E-state index in [4.69, 9.17) is 16.5 Å². The fourth-order valence-electron chi connectivity index (χ4n) is 1.46. The van der Waals surface area contributed by atoms with E-state index >= 15 is 0 Å². The number of non-ortho nitro benzene ring substituents is 1. The van der Waals surface area contributed by atoms with Crippen molar-refractivity contribution in [1.29, 1.82) is 0 Å². The lowest BCUT2D eigenvalue weighted by Gasteiger charge is -2.13. The van der Waals surface area contributed by atoms with E-state index in [0.717, 1.165) is 0 Å². The van der Waals surface area contributed by atoms with Gasteiger partial charge in [-0.3, -0.25) is 14.9 Å². The van der Waals surface area contributed by atoms with Gasteiger partial charge in [0.1, 0.15) is 0 Å². The maximum Gasteiger partial charge on any atom is 0.307 e. The normalized spacial score (nSPS) is 11.9. The van der Waals surface area contributed by atoms with Crippen LogP contribution in [0, 0.1) is 10.1 Å². The Bertz CT molecular complexity index is 439. The van der Waals surface area contributed by atoms with Gasteiger partial charge in [0.15, 0.2) is 0 Å². The zero-order valence-corrected chi connectivity index (χ0v) is 10.5. The molecule has 0 spiro atoms. The number of carbonyl (C=O) groups excluding carboxylic acids is 1. The molecular formula is C11H13ClN2O4. The minimum Gasteiger partial charge on any atom is -0.466 e. The number of nitro groups is 1. The van der Waals surface area contributed by atoms with Crippen molar-refractivity contribution in [2.24, 2.45) is 0 Å². The van der Waals surface area contributed by atoms with Crippen molar-refractivity contribution in [3.8, 4) is 0 Å². The van der Waals surface area contributed by atoms with Gasteiger partial charge in [0.25, 0.3) is 5.69 Å². The molecule has 0 radical (unpaired) electrons. The Balaban J connectivity index is 2.84. The van der Waals surface area contributed by atoms with Crippen LogP contribution < -0.4 is 4.84 Å². The average molecular weight is 273 g/mol. The fourth-order valence-corrected chi connectivity index (χ4v) is 1.66. The van der Waals surface area contributed by atoms with Crippen LogP contribution in [-0.4, -0.2) is 17.5 Å². The number of carbonyl (C=O) groups is 1. The molecule has 1 rings (SSSR count). The van der Waals surface area contributed by atoms with E-state index in [1.165, 1.54) is 12.1 Å². The Hall–Kier alpha value is -1.66. The van der Waals surface area contributed by atoms with Crippen LogP contribution in [0.25, 0.3) is 0 Å². The molecule has 0 aromatic heterocycles. The predicted molar refractivity (Wildman–Crippen MR) is 66.1 cm³/mol. The molecule has 0 heterocycles. The molecule has 0 aliphatic heterocycles. The lowest BCUT2D eigenvalue weighted by Crippen LogP contribution is -2.18. The first kappa shape index (κ1) is 14.4. The van der Waals surface area contributed by atoms with E-state index in [-0.39, 0.29) is 18.7 Å². The fraction of sp³-hybridized carbons (Fsp3) is 0.364. The summed E-state index contributed by atoms with van der Waals surface area (Å²) < 4.78 is 4.80. The second kappa shape index (κ2) is 6.93. The van der Waals surface area contributed by atoms with Gasteiger partial charge < -0.3 is 4.74 Å². The van der Waals surface area contributed by atoms with Gasteiger partial charge in [-0.15, -0.1) is 0 Å². The summed E-state index contributed by atoms with van der Waals surface area (Å²) in [5.41, 5.74) is 0.514. The molecule has 7 heteroatoms. The first-order valence-corrected chi connectivity index (χ1v) is 5.72. The van der Waals surface area contributed by atoms with Crippen LogP contribution >= 0.6 is 11.8 Å². The SMILES string of the molecule is CCOC(=O)CC(NCl)c1cccc([N+](=O)[O-])c1. The Kier molecular flexibility index (Phi) is 5.54. The lowest BCUT2D eigenvalue weighted by atomic mass is 10.0. The maximum atomic E-state index is 11.3. The molecule has 1 unspecified atom stereocenters. The Labute approximate surface area is 109 Å². The molecule has 98 valence electrons. The van der Waals surface area contributed by atoms with E-state index in [1.807, 2.05) is 0 Å². The Morgan fingerprint density at radius 3 is 2.89 bits per heavy atom. The van der Waals surface area contributed by atoms with Crippen LogP contribution in [-0.2, 0) is 9.53 Å². The van der Waals surface area contributed by atoms with E-state index in [9.17, 15) is 14.9 Å². The summed E-state index contributed by atoms with van der Waals surface area (Å²) in [5, 5.41) is 10.6. The van der Waals surface area contributed by atoms with Crippen molar-refractivity contribution in [1.82, 2.24) is 4.84 Å². The summed E-state index contributed by atoms with van der Waals surface area (Å²) in [6.07, 6.45) is 0.0124. The first-order valence-electron chi connectivity index (χ1n) is 5.34. The van der Waals surface area contributed by atoms with Crippen LogP contribution in [0.2, 0.25) is 0 Å².